The second kappa shape index (κ2) is 11.6. The lowest BCUT2D eigenvalue weighted by Gasteiger charge is -2.64. The lowest BCUT2D eigenvalue weighted by molar-refractivity contribution is -0.210. The van der Waals surface area contributed by atoms with Gasteiger partial charge < -0.3 is 40.1 Å². The van der Waals surface area contributed by atoms with Crippen LogP contribution in [0.25, 0.3) is 0 Å². The maximum Gasteiger partial charge on any atom is 0.174 e. The molecule has 2 heterocycles. The van der Waals surface area contributed by atoms with E-state index in [9.17, 15) is 35.4 Å². The first-order valence-corrected chi connectivity index (χ1v) is 21.1. The number of phenolic OH excluding ortho intramolecular Hbond substituents is 2. The molecule has 2 aliphatic heterocycles. The quantitative estimate of drug-likeness (QED) is 0.184. The van der Waals surface area contributed by atoms with Gasteiger partial charge in [0.2, 0.25) is 0 Å². The monoisotopic (exact) mass is 758 g/mol. The maximum atomic E-state index is 14.8. The molecule has 9 nitrogen and oxygen atoms in total. The maximum absolute atomic E-state index is 14.8. The molecule has 7 aliphatic rings. The molecule has 0 aromatic heterocycles. The van der Waals surface area contributed by atoms with E-state index in [4.69, 9.17) is 9.47 Å². The summed E-state index contributed by atoms with van der Waals surface area (Å²) in [5, 5.41) is 69.0. The van der Waals surface area contributed by atoms with Crippen LogP contribution >= 0.6 is 0 Å². The number of aliphatic hydroxyl groups excluding tert-OH is 4. The number of hydrogen-bond acceptors (Lipinski definition) is 9. The first kappa shape index (κ1) is 37.7. The predicted molar refractivity (Wildman–Crippen MR) is 206 cm³/mol. The third-order valence-corrected chi connectivity index (χ3v) is 18.2. The summed E-state index contributed by atoms with van der Waals surface area (Å²) in [6.07, 6.45) is 5.13. The number of phenols is 2. The average molecular weight is 759 g/mol. The fourth-order valence-electron chi connectivity index (χ4n) is 14.8. The zero-order chi connectivity index (χ0) is 39.6. The van der Waals surface area contributed by atoms with Gasteiger partial charge in [0, 0.05) is 51.5 Å². The van der Waals surface area contributed by atoms with Crippen molar-refractivity contribution in [1.82, 2.24) is 0 Å². The van der Waals surface area contributed by atoms with Crippen LogP contribution in [-0.4, -0.2) is 59.8 Å². The topological polar surface area (TPSA) is 157 Å². The SMILES string of the molecule is C[C@@H]1CC[C@H]2C(C)(C)[C@H](O)CC[C@]2(C)[C@@]12Cc1c(O)cc(CO)c([C@H]3C(=O)c4cc(O)c5c(c4[C@@H]3O)O[C@]3(C5)[C@H](C)CC[C@H]4C(C)(C)[C@H](O)CC[C@@]43C)c1O2. The third-order valence-electron chi connectivity index (χ3n) is 18.2. The number of ketones is 1. The Kier molecular flexibility index (Phi) is 7.98. The molecule has 0 unspecified atom stereocenters. The highest BCUT2D eigenvalue weighted by molar-refractivity contribution is 6.08. The molecule has 55 heavy (non-hydrogen) atoms. The van der Waals surface area contributed by atoms with E-state index in [0.717, 1.165) is 38.5 Å². The van der Waals surface area contributed by atoms with Gasteiger partial charge in [-0.2, -0.15) is 0 Å². The van der Waals surface area contributed by atoms with Gasteiger partial charge in [0.15, 0.2) is 5.78 Å². The van der Waals surface area contributed by atoms with Crippen LogP contribution < -0.4 is 9.47 Å². The molecule has 2 aromatic rings. The molecule has 4 saturated carbocycles. The zero-order valence-corrected chi connectivity index (χ0v) is 34.0. The van der Waals surface area contributed by atoms with Crippen molar-refractivity contribution >= 4 is 5.78 Å². The Morgan fingerprint density at radius 2 is 1.13 bits per heavy atom. The summed E-state index contributed by atoms with van der Waals surface area (Å²) in [6, 6.07) is 3.02. The lowest BCUT2D eigenvalue weighted by atomic mass is 9.43. The number of aliphatic hydroxyl groups is 4. The highest BCUT2D eigenvalue weighted by Gasteiger charge is 2.69. The molecule has 12 atom stereocenters. The highest BCUT2D eigenvalue weighted by atomic mass is 16.5. The highest BCUT2D eigenvalue weighted by Crippen LogP contribution is 2.70. The number of ether oxygens (including phenoxy) is 2. The van der Waals surface area contributed by atoms with Gasteiger partial charge in [-0.05, 0) is 104 Å². The number of carbonyl (C=O) groups is 1. The minimum atomic E-state index is -1.35. The van der Waals surface area contributed by atoms with Crippen LogP contribution in [-0.2, 0) is 19.4 Å². The van der Waals surface area contributed by atoms with Gasteiger partial charge in [-0.1, -0.05) is 55.4 Å². The van der Waals surface area contributed by atoms with Crippen molar-refractivity contribution in [3.63, 3.8) is 0 Å². The van der Waals surface area contributed by atoms with Gasteiger partial charge in [0.05, 0.1) is 30.8 Å². The normalized spacial score (nSPS) is 43.3. The van der Waals surface area contributed by atoms with Crippen LogP contribution in [0.4, 0.5) is 0 Å². The molecular weight excluding hydrogens is 696 g/mol. The molecule has 2 spiro atoms. The number of rotatable bonds is 2. The first-order valence-electron chi connectivity index (χ1n) is 21.1. The van der Waals surface area contributed by atoms with E-state index in [2.05, 4.69) is 55.4 Å². The molecule has 4 fully saturated rings. The predicted octanol–water partition coefficient (Wildman–Crippen LogP) is 7.42. The van der Waals surface area contributed by atoms with E-state index in [0.29, 0.717) is 65.0 Å². The van der Waals surface area contributed by atoms with Crippen LogP contribution in [0.5, 0.6) is 23.0 Å². The number of aromatic hydroxyl groups is 2. The zero-order valence-electron chi connectivity index (χ0n) is 34.0. The van der Waals surface area contributed by atoms with E-state index in [1.807, 2.05) is 0 Å². The van der Waals surface area contributed by atoms with Gasteiger partial charge in [-0.15, -0.1) is 0 Å². The molecule has 0 saturated heterocycles. The van der Waals surface area contributed by atoms with Crippen LogP contribution in [0, 0.1) is 45.3 Å². The molecule has 300 valence electrons. The van der Waals surface area contributed by atoms with Crippen LogP contribution in [0.1, 0.15) is 157 Å². The van der Waals surface area contributed by atoms with E-state index < -0.39 is 42.0 Å². The van der Waals surface area contributed by atoms with E-state index in [1.54, 1.807) is 0 Å². The summed E-state index contributed by atoms with van der Waals surface area (Å²) in [5.41, 5.74) is -0.363. The van der Waals surface area contributed by atoms with Crippen molar-refractivity contribution in [3.8, 4) is 23.0 Å². The molecule has 6 N–H and O–H groups in total. The molecule has 9 heteroatoms. The molecule has 2 aromatic carbocycles. The van der Waals surface area contributed by atoms with Crippen LogP contribution in [0.2, 0.25) is 0 Å². The van der Waals surface area contributed by atoms with Gasteiger partial charge >= 0.3 is 0 Å². The Hall–Kier alpha value is -2.85. The third kappa shape index (κ3) is 4.42. The molecule has 0 bridgehead atoms. The van der Waals surface area contributed by atoms with Gasteiger partial charge in [0.25, 0.3) is 0 Å². The van der Waals surface area contributed by atoms with Crippen molar-refractivity contribution in [3.05, 3.63) is 45.5 Å². The van der Waals surface area contributed by atoms with Crippen molar-refractivity contribution in [2.24, 2.45) is 45.3 Å². The fourth-order valence-corrected chi connectivity index (χ4v) is 14.8. The second-order valence-corrected chi connectivity index (χ2v) is 20.9. The summed E-state index contributed by atoms with van der Waals surface area (Å²) in [4.78, 5) is 14.8. The van der Waals surface area contributed by atoms with Crippen LogP contribution in [0.15, 0.2) is 12.1 Å². The standard InChI is InChI=1S/C46H62O9/c1-22-9-11-30-41(3,4)32(50)13-15-43(30,7)45(22)19-26-28(48)17-24(21-47)34(39(26)54-45)36-37(52)25-18-29(49)27-20-46(55-40(27)35(25)38(36)53)23(2)10-12-31-42(5,6)33(51)14-16-44(31,46)8/h17-18,22-23,30-33,36,38,47-51,53H,9-16,19-21H2,1-8H3/t22-,23-,30+,31+,32-,33-,36+,38+,43+,44+,45-,46-/m1/s1. The second-order valence-electron chi connectivity index (χ2n) is 20.9. The van der Waals surface area contributed by atoms with Crippen molar-refractivity contribution in [1.29, 1.82) is 0 Å². The van der Waals surface area contributed by atoms with E-state index in [-0.39, 0.29) is 68.2 Å². The van der Waals surface area contributed by atoms with E-state index in [1.165, 1.54) is 12.1 Å². The van der Waals surface area contributed by atoms with Crippen molar-refractivity contribution in [2.45, 2.75) is 162 Å². The number of benzene rings is 2. The summed E-state index contributed by atoms with van der Waals surface area (Å²) >= 11 is 0. The minimum absolute atomic E-state index is 0.00331. The smallest absolute Gasteiger partial charge is 0.174 e. The Morgan fingerprint density at radius 1 is 0.673 bits per heavy atom. The largest absolute Gasteiger partial charge is 0.508 e. The molecule has 9 rings (SSSR count). The Balaban J connectivity index is 1.15. The lowest BCUT2D eigenvalue weighted by Crippen LogP contribution is -2.66. The summed E-state index contributed by atoms with van der Waals surface area (Å²) in [7, 11) is 0. The average Bonchev–Trinajstić information content (AvgIpc) is 3.80. The van der Waals surface area contributed by atoms with Crippen molar-refractivity contribution in [2.75, 3.05) is 0 Å². The minimum Gasteiger partial charge on any atom is -0.508 e. The van der Waals surface area contributed by atoms with Gasteiger partial charge in [-0.25, -0.2) is 0 Å². The van der Waals surface area contributed by atoms with E-state index >= 15 is 0 Å². The molecule has 0 amide bonds. The molecule has 5 aliphatic carbocycles. The number of carbonyl (C=O) groups excluding carboxylic acids is 1. The molecular formula is C46H62O9. The van der Waals surface area contributed by atoms with Crippen molar-refractivity contribution < 1.29 is 44.9 Å². The fraction of sp³-hybridized carbons (Fsp3) is 0.717. The number of fused-ring (bicyclic) bond motifs is 8. The number of hydrogen-bond donors (Lipinski definition) is 6. The van der Waals surface area contributed by atoms with Gasteiger partial charge in [0.1, 0.15) is 34.2 Å². The van der Waals surface area contributed by atoms with Crippen LogP contribution in [0.3, 0.4) is 0 Å². The van der Waals surface area contributed by atoms with Gasteiger partial charge in [-0.3, -0.25) is 4.79 Å². The Bertz CT molecular complexity index is 1990. The summed E-state index contributed by atoms with van der Waals surface area (Å²) < 4.78 is 14.6. The Labute approximate surface area is 325 Å². The summed E-state index contributed by atoms with van der Waals surface area (Å²) in [6.45, 7) is 17.1. The first-order chi connectivity index (χ1) is 25.7. The number of Topliss-reactive ketones (excluding diaryl/α,β-unsaturated/α-hetero) is 1. The summed E-state index contributed by atoms with van der Waals surface area (Å²) in [5.74, 6) is -0.285. The Morgan fingerprint density at radius 3 is 1.60 bits per heavy atom. The molecule has 0 radical (unpaired) electrons.